The first-order valence-corrected chi connectivity index (χ1v) is 6.84. The van der Waals surface area contributed by atoms with Gasteiger partial charge in [0.1, 0.15) is 0 Å². The van der Waals surface area contributed by atoms with Crippen molar-refractivity contribution in [3.8, 4) is 0 Å². The van der Waals surface area contributed by atoms with E-state index in [2.05, 4.69) is 6.92 Å². The molecule has 0 bridgehead atoms. The SMILES string of the molecule is CC1CCC(N)CC1.NC1CCC(N)CC1. The smallest absolute Gasteiger partial charge is 0.00399 e. The standard InChI is InChI=1S/C7H15N.C6H14N2/c1-6-2-4-7(8)5-3-6;7-5-1-2-6(8)4-3-5/h6-7H,2-5,8H2,1H3;5-6H,1-4,7-8H2. The van der Waals surface area contributed by atoms with Gasteiger partial charge in [-0.05, 0) is 57.3 Å². The Morgan fingerprint density at radius 1 is 0.562 bits per heavy atom. The lowest BCUT2D eigenvalue weighted by Crippen LogP contribution is -2.33. The second-order valence-corrected chi connectivity index (χ2v) is 5.69. The molecule has 0 aromatic heterocycles. The van der Waals surface area contributed by atoms with E-state index in [-0.39, 0.29) is 0 Å². The zero-order valence-electron chi connectivity index (χ0n) is 10.7. The van der Waals surface area contributed by atoms with Crippen molar-refractivity contribution < 1.29 is 0 Å². The minimum Gasteiger partial charge on any atom is -0.328 e. The van der Waals surface area contributed by atoms with E-state index in [1.54, 1.807) is 0 Å². The van der Waals surface area contributed by atoms with Gasteiger partial charge >= 0.3 is 0 Å². The van der Waals surface area contributed by atoms with Gasteiger partial charge in [-0.2, -0.15) is 0 Å². The lowest BCUT2D eigenvalue weighted by Gasteiger charge is -2.22. The fourth-order valence-corrected chi connectivity index (χ4v) is 2.43. The molecule has 0 amide bonds. The molecule has 2 fully saturated rings. The summed E-state index contributed by atoms with van der Waals surface area (Å²) < 4.78 is 0. The van der Waals surface area contributed by atoms with E-state index in [9.17, 15) is 0 Å². The Kier molecular flexibility index (Phi) is 6.32. The number of rotatable bonds is 0. The summed E-state index contributed by atoms with van der Waals surface area (Å²) in [7, 11) is 0. The van der Waals surface area contributed by atoms with Crippen molar-refractivity contribution in [3.05, 3.63) is 0 Å². The molecule has 0 heterocycles. The molecule has 0 aromatic carbocycles. The van der Waals surface area contributed by atoms with Crippen LogP contribution in [0.1, 0.15) is 58.3 Å². The molecule has 0 aromatic rings. The van der Waals surface area contributed by atoms with E-state index in [4.69, 9.17) is 17.2 Å². The minimum atomic E-state index is 0.440. The molecule has 16 heavy (non-hydrogen) atoms. The summed E-state index contributed by atoms with van der Waals surface area (Å²) in [6.45, 7) is 2.31. The highest BCUT2D eigenvalue weighted by Crippen LogP contribution is 2.21. The third-order valence-electron chi connectivity index (χ3n) is 3.88. The molecule has 0 radical (unpaired) electrons. The molecule has 2 aliphatic carbocycles. The number of hydrogen-bond acceptors (Lipinski definition) is 3. The van der Waals surface area contributed by atoms with Crippen LogP contribution in [0.5, 0.6) is 0 Å². The van der Waals surface area contributed by atoms with E-state index in [0.29, 0.717) is 18.1 Å². The number of hydrogen-bond donors (Lipinski definition) is 3. The van der Waals surface area contributed by atoms with Crippen LogP contribution in [0.2, 0.25) is 0 Å². The quantitative estimate of drug-likeness (QED) is 0.590. The van der Waals surface area contributed by atoms with Crippen LogP contribution in [0.3, 0.4) is 0 Å². The summed E-state index contributed by atoms with van der Waals surface area (Å²) in [4.78, 5) is 0. The van der Waals surface area contributed by atoms with E-state index in [1.807, 2.05) is 0 Å². The molecule has 6 N–H and O–H groups in total. The van der Waals surface area contributed by atoms with Crippen molar-refractivity contribution in [2.75, 3.05) is 0 Å². The molecule has 0 atom stereocenters. The van der Waals surface area contributed by atoms with Gasteiger partial charge in [0.2, 0.25) is 0 Å². The molecule has 0 unspecified atom stereocenters. The normalized spacial score (nSPS) is 39.8. The molecular weight excluding hydrogens is 198 g/mol. The zero-order chi connectivity index (χ0) is 12.0. The lowest BCUT2D eigenvalue weighted by molar-refractivity contribution is 0.348. The Balaban J connectivity index is 0.000000160. The minimum absolute atomic E-state index is 0.440. The molecule has 96 valence electrons. The third-order valence-corrected chi connectivity index (χ3v) is 3.88. The van der Waals surface area contributed by atoms with Crippen LogP contribution < -0.4 is 17.2 Å². The lowest BCUT2D eigenvalue weighted by atomic mass is 9.88. The average Bonchev–Trinajstić information content (AvgIpc) is 2.28. The summed E-state index contributed by atoms with van der Waals surface area (Å²) in [5.74, 6) is 0.940. The van der Waals surface area contributed by atoms with E-state index in [1.165, 1.54) is 25.7 Å². The van der Waals surface area contributed by atoms with Crippen LogP contribution >= 0.6 is 0 Å². The Morgan fingerprint density at radius 2 is 0.812 bits per heavy atom. The van der Waals surface area contributed by atoms with E-state index >= 15 is 0 Å². The van der Waals surface area contributed by atoms with Gasteiger partial charge in [0, 0.05) is 18.1 Å². The topological polar surface area (TPSA) is 78.1 Å². The largest absolute Gasteiger partial charge is 0.328 e. The van der Waals surface area contributed by atoms with Crippen LogP contribution in [-0.2, 0) is 0 Å². The summed E-state index contributed by atoms with van der Waals surface area (Å²) >= 11 is 0. The van der Waals surface area contributed by atoms with Crippen molar-refractivity contribution >= 4 is 0 Å². The Hall–Kier alpha value is -0.120. The molecule has 0 spiro atoms. The molecule has 2 rings (SSSR count). The average molecular weight is 227 g/mol. The predicted octanol–water partition coefficient (Wildman–Crippen LogP) is 1.74. The highest BCUT2D eigenvalue weighted by molar-refractivity contribution is 4.75. The van der Waals surface area contributed by atoms with Gasteiger partial charge in [-0.3, -0.25) is 0 Å². The number of nitrogens with two attached hydrogens (primary N) is 3. The molecule has 0 saturated heterocycles. The Morgan fingerprint density at radius 3 is 1.06 bits per heavy atom. The molecule has 2 aliphatic rings. The van der Waals surface area contributed by atoms with Crippen LogP contribution in [0.15, 0.2) is 0 Å². The van der Waals surface area contributed by atoms with Gasteiger partial charge < -0.3 is 17.2 Å². The van der Waals surface area contributed by atoms with Crippen LogP contribution in [0.25, 0.3) is 0 Å². The van der Waals surface area contributed by atoms with Crippen molar-refractivity contribution in [3.63, 3.8) is 0 Å². The van der Waals surface area contributed by atoms with Crippen molar-refractivity contribution in [1.29, 1.82) is 0 Å². The molecular formula is C13H29N3. The van der Waals surface area contributed by atoms with Gasteiger partial charge in [-0.25, -0.2) is 0 Å². The highest BCUT2D eigenvalue weighted by Gasteiger charge is 2.14. The Labute approximate surface area is 100 Å². The zero-order valence-corrected chi connectivity index (χ0v) is 10.7. The van der Waals surface area contributed by atoms with Crippen LogP contribution in [0.4, 0.5) is 0 Å². The molecule has 0 aliphatic heterocycles. The summed E-state index contributed by atoms with van der Waals surface area (Å²) in [5, 5.41) is 0. The fourth-order valence-electron chi connectivity index (χ4n) is 2.43. The monoisotopic (exact) mass is 227 g/mol. The van der Waals surface area contributed by atoms with Crippen molar-refractivity contribution in [2.45, 2.75) is 76.4 Å². The summed E-state index contributed by atoms with van der Waals surface area (Å²) in [6, 6.07) is 1.40. The maximum absolute atomic E-state index is 5.70. The van der Waals surface area contributed by atoms with Gasteiger partial charge in [-0.15, -0.1) is 0 Å². The molecule has 3 heteroatoms. The van der Waals surface area contributed by atoms with Gasteiger partial charge in [-0.1, -0.05) is 6.92 Å². The molecule has 3 nitrogen and oxygen atoms in total. The van der Waals surface area contributed by atoms with Crippen LogP contribution in [-0.4, -0.2) is 18.1 Å². The van der Waals surface area contributed by atoms with Crippen LogP contribution in [0, 0.1) is 5.92 Å². The third kappa shape index (κ3) is 5.83. The van der Waals surface area contributed by atoms with Crippen molar-refractivity contribution in [1.82, 2.24) is 0 Å². The van der Waals surface area contributed by atoms with Gasteiger partial charge in [0.25, 0.3) is 0 Å². The van der Waals surface area contributed by atoms with Gasteiger partial charge in [0.05, 0.1) is 0 Å². The second-order valence-electron chi connectivity index (χ2n) is 5.69. The van der Waals surface area contributed by atoms with Gasteiger partial charge in [0.15, 0.2) is 0 Å². The fraction of sp³-hybridized carbons (Fsp3) is 1.00. The molecule has 2 saturated carbocycles. The predicted molar refractivity (Wildman–Crippen MR) is 70.0 cm³/mol. The maximum Gasteiger partial charge on any atom is 0.00399 e. The maximum atomic E-state index is 5.70. The second kappa shape index (κ2) is 7.25. The first kappa shape index (κ1) is 13.9. The summed E-state index contributed by atoms with van der Waals surface area (Å²) in [5.41, 5.74) is 17.0. The first-order valence-electron chi connectivity index (χ1n) is 6.84. The van der Waals surface area contributed by atoms with E-state index in [0.717, 1.165) is 31.6 Å². The highest BCUT2D eigenvalue weighted by atomic mass is 14.7. The van der Waals surface area contributed by atoms with E-state index < -0.39 is 0 Å². The first-order chi connectivity index (χ1) is 7.58. The van der Waals surface area contributed by atoms with Crippen molar-refractivity contribution in [2.24, 2.45) is 23.1 Å². The Bertz CT molecular complexity index is 128. The summed E-state index contributed by atoms with van der Waals surface area (Å²) in [6.07, 6.45) is 9.70.